The van der Waals surface area contributed by atoms with Crippen molar-refractivity contribution in [1.82, 2.24) is 0 Å². The van der Waals surface area contributed by atoms with Crippen molar-refractivity contribution in [3.63, 3.8) is 0 Å². The fourth-order valence-electron chi connectivity index (χ4n) is 4.16. The smallest absolute Gasteiger partial charge is 0.337 e. The number of methoxy groups -OCH3 is 1. The van der Waals surface area contributed by atoms with Crippen LogP contribution in [0.4, 0.5) is 0 Å². The Morgan fingerprint density at radius 2 is 1.15 bits per heavy atom. The Bertz CT molecular complexity index is 1460. The van der Waals surface area contributed by atoms with E-state index in [0.717, 1.165) is 5.56 Å². The summed E-state index contributed by atoms with van der Waals surface area (Å²) in [6, 6.07) is 13.0. The van der Waals surface area contributed by atoms with E-state index in [1.807, 2.05) is 0 Å². The SMILES string of the molecule is COC(=O)c1ccc(C#CC#C[C@H]2CC(O)[C@@H]2CO)cc1.O=C(O)c1ccc(C#CC#C[C@H]2CC(O)[C@@H]2CO)cc1. The first-order valence-corrected chi connectivity index (χ1v) is 12.9. The number of aliphatic hydroxyl groups excluding tert-OH is 4. The van der Waals surface area contributed by atoms with Crippen LogP contribution in [0.5, 0.6) is 0 Å². The number of carbonyl (C=O) groups excluding carboxylic acids is 1. The highest BCUT2D eigenvalue weighted by molar-refractivity contribution is 5.89. The number of ether oxygens (including phenoxy) is 1. The van der Waals surface area contributed by atoms with Crippen LogP contribution in [0.2, 0.25) is 0 Å². The standard InChI is InChI=1S/C17H16O4.C16H14O4/c1-21-17(20)13-8-6-12(7-9-13)4-2-3-5-14-10-16(19)15(14)11-18;17-10-14-13(9-15(14)18)4-2-1-3-11-5-7-12(8-6-11)16(19)20/h6-9,14-16,18-19H,10-11H2,1H3;5-8,13-15,17-18H,9-10H2,(H,19,20)/t14-,15+,16?;13-,14+,15?/m00/s1. The molecule has 210 valence electrons. The van der Waals surface area contributed by atoms with E-state index >= 15 is 0 Å². The van der Waals surface area contributed by atoms with E-state index in [-0.39, 0.29) is 48.4 Å². The molecule has 6 atom stereocenters. The first-order chi connectivity index (χ1) is 19.8. The number of carboxylic acid groups (broad SMARTS) is 1. The summed E-state index contributed by atoms with van der Waals surface area (Å²) in [4.78, 5) is 21.9. The minimum atomic E-state index is -0.970. The summed E-state index contributed by atoms with van der Waals surface area (Å²) in [6.07, 6.45) is 0.255. The van der Waals surface area contributed by atoms with Gasteiger partial charge < -0.3 is 30.3 Å². The van der Waals surface area contributed by atoms with Crippen molar-refractivity contribution < 1.29 is 39.9 Å². The molecule has 2 aromatic carbocycles. The maximum Gasteiger partial charge on any atom is 0.337 e. The van der Waals surface area contributed by atoms with Gasteiger partial charge in [0.15, 0.2) is 0 Å². The molecule has 8 heteroatoms. The van der Waals surface area contributed by atoms with Crippen molar-refractivity contribution in [3.8, 4) is 47.4 Å². The molecule has 2 aliphatic rings. The van der Waals surface area contributed by atoms with Crippen molar-refractivity contribution in [3.05, 3.63) is 70.8 Å². The molecule has 8 nitrogen and oxygen atoms in total. The lowest BCUT2D eigenvalue weighted by atomic mass is 9.72. The lowest BCUT2D eigenvalue weighted by Crippen LogP contribution is -2.42. The third-order valence-electron chi connectivity index (χ3n) is 6.93. The zero-order chi connectivity index (χ0) is 29.8. The van der Waals surface area contributed by atoms with Gasteiger partial charge in [-0.2, -0.15) is 0 Å². The summed E-state index contributed by atoms with van der Waals surface area (Å²) in [5.41, 5.74) is 2.14. The van der Waals surface area contributed by atoms with Gasteiger partial charge in [-0.05, 0) is 85.1 Å². The highest BCUT2D eigenvalue weighted by Crippen LogP contribution is 2.34. The molecule has 0 radical (unpaired) electrons. The van der Waals surface area contributed by atoms with Crippen LogP contribution in [0.25, 0.3) is 0 Å². The molecule has 0 aliphatic heterocycles. The Morgan fingerprint density at radius 1 is 0.732 bits per heavy atom. The molecule has 4 rings (SSSR count). The van der Waals surface area contributed by atoms with Gasteiger partial charge in [0, 0.05) is 48.0 Å². The van der Waals surface area contributed by atoms with Crippen LogP contribution in [0.3, 0.4) is 0 Å². The van der Waals surface area contributed by atoms with Crippen molar-refractivity contribution in [2.45, 2.75) is 25.0 Å². The van der Waals surface area contributed by atoms with E-state index in [9.17, 15) is 19.8 Å². The molecule has 0 heterocycles. The second-order valence-corrected chi connectivity index (χ2v) is 9.50. The normalized spacial score (nSPS) is 23.2. The average Bonchev–Trinajstić information content (AvgIpc) is 2.97. The van der Waals surface area contributed by atoms with Crippen LogP contribution in [-0.2, 0) is 4.74 Å². The van der Waals surface area contributed by atoms with Crippen LogP contribution in [0.1, 0.15) is 44.7 Å². The monoisotopic (exact) mass is 554 g/mol. The number of aliphatic hydroxyl groups is 4. The molecule has 41 heavy (non-hydrogen) atoms. The largest absolute Gasteiger partial charge is 0.478 e. The number of benzene rings is 2. The van der Waals surface area contributed by atoms with Crippen LogP contribution in [0, 0.1) is 71.0 Å². The molecule has 2 saturated carbocycles. The van der Waals surface area contributed by atoms with E-state index < -0.39 is 18.2 Å². The Morgan fingerprint density at radius 3 is 1.49 bits per heavy atom. The molecule has 0 spiro atoms. The maximum absolute atomic E-state index is 11.3. The topological polar surface area (TPSA) is 145 Å². The van der Waals surface area contributed by atoms with E-state index in [0.29, 0.717) is 24.0 Å². The zero-order valence-electron chi connectivity index (χ0n) is 22.4. The summed E-state index contributed by atoms with van der Waals surface area (Å²) in [7, 11) is 1.34. The van der Waals surface area contributed by atoms with E-state index in [2.05, 4.69) is 52.1 Å². The molecular formula is C33H30O8. The van der Waals surface area contributed by atoms with Crippen LogP contribution < -0.4 is 0 Å². The average molecular weight is 555 g/mol. The van der Waals surface area contributed by atoms with Crippen LogP contribution >= 0.6 is 0 Å². The number of hydrogen-bond acceptors (Lipinski definition) is 7. The van der Waals surface area contributed by atoms with Gasteiger partial charge in [0.1, 0.15) is 0 Å². The lowest BCUT2D eigenvalue weighted by Gasteiger charge is -2.37. The number of carboxylic acids is 1. The van der Waals surface area contributed by atoms with Gasteiger partial charge in [0.25, 0.3) is 0 Å². The molecule has 2 aliphatic carbocycles. The number of hydrogen-bond donors (Lipinski definition) is 5. The zero-order valence-corrected chi connectivity index (χ0v) is 22.4. The van der Waals surface area contributed by atoms with Gasteiger partial charge >= 0.3 is 11.9 Å². The summed E-state index contributed by atoms with van der Waals surface area (Å²) < 4.78 is 4.61. The molecule has 2 unspecified atom stereocenters. The molecule has 0 aromatic heterocycles. The summed E-state index contributed by atoms with van der Waals surface area (Å²) in [5, 5.41) is 45.6. The lowest BCUT2D eigenvalue weighted by molar-refractivity contribution is -0.0375. The highest BCUT2D eigenvalue weighted by Gasteiger charge is 2.38. The quantitative estimate of drug-likeness (QED) is 0.283. The van der Waals surface area contributed by atoms with Gasteiger partial charge in [0.05, 0.1) is 30.4 Å². The van der Waals surface area contributed by atoms with Crippen LogP contribution in [0.15, 0.2) is 48.5 Å². The second-order valence-electron chi connectivity index (χ2n) is 9.50. The first kappa shape index (κ1) is 31.0. The van der Waals surface area contributed by atoms with Crippen molar-refractivity contribution >= 4 is 11.9 Å². The van der Waals surface area contributed by atoms with Gasteiger partial charge in [-0.1, -0.05) is 23.7 Å². The molecule has 0 amide bonds. The van der Waals surface area contributed by atoms with Gasteiger partial charge in [-0.25, -0.2) is 9.59 Å². The molecule has 0 bridgehead atoms. The van der Waals surface area contributed by atoms with Crippen molar-refractivity contribution in [2.75, 3.05) is 20.3 Å². The third-order valence-corrected chi connectivity index (χ3v) is 6.93. The predicted molar refractivity (Wildman–Crippen MR) is 150 cm³/mol. The van der Waals surface area contributed by atoms with E-state index in [4.69, 9.17) is 15.3 Å². The van der Waals surface area contributed by atoms with Crippen LogP contribution in [-0.4, -0.2) is 70.0 Å². The van der Waals surface area contributed by atoms with Crippen molar-refractivity contribution in [1.29, 1.82) is 0 Å². The van der Waals surface area contributed by atoms with Gasteiger partial charge in [0.2, 0.25) is 0 Å². The maximum atomic E-state index is 11.3. The van der Waals surface area contributed by atoms with Gasteiger partial charge in [-0.15, -0.1) is 0 Å². The summed E-state index contributed by atoms with van der Waals surface area (Å²) >= 11 is 0. The molecule has 2 fully saturated rings. The molecular weight excluding hydrogens is 524 g/mol. The summed E-state index contributed by atoms with van der Waals surface area (Å²) in [6.45, 7) is -0.118. The Kier molecular flexibility index (Phi) is 11.6. The summed E-state index contributed by atoms with van der Waals surface area (Å²) in [5.74, 6) is 20.8. The Hall–Kier alpha value is -4.54. The predicted octanol–water partition coefficient (Wildman–Crippen LogP) is 1.55. The number of aromatic carboxylic acids is 1. The fourth-order valence-corrected chi connectivity index (χ4v) is 4.16. The fraction of sp³-hybridized carbons (Fsp3) is 0.333. The number of rotatable bonds is 4. The Labute approximate surface area is 239 Å². The van der Waals surface area contributed by atoms with E-state index in [1.54, 1.807) is 36.4 Å². The Balaban J connectivity index is 0.000000226. The minimum absolute atomic E-state index is 0.00122. The van der Waals surface area contributed by atoms with Crippen molar-refractivity contribution in [2.24, 2.45) is 23.7 Å². The molecule has 0 saturated heterocycles. The second kappa shape index (κ2) is 15.3. The first-order valence-electron chi connectivity index (χ1n) is 12.9. The minimum Gasteiger partial charge on any atom is -0.478 e. The molecule has 5 N–H and O–H groups in total. The highest BCUT2D eigenvalue weighted by atomic mass is 16.5. The van der Waals surface area contributed by atoms with Gasteiger partial charge in [-0.3, -0.25) is 0 Å². The number of esters is 1. The third kappa shape index (κ3) is 8.72. The van der Waals surface area contributed by atoms with E-state index in [1.165, 1.54) is 19.2 Å². The molecule has 2 aromatic rings. The number of carbonyl (C=O) groups is 2.